The molecule has 2 aromatic carbocycles. The Bertz CT molecular complexity index is 506. The maximum atomic E-state index is 13.2. The van der Waals surface area contributed by atoms with Gasteiger partial charge in [-0.1, -0.05) is 35.9 Å². The van der Waals surface area contributed by atoms with Gasteiger partial charge in [-0.05, 0) is 35.7 Å². The SMILES string of the molecule is Cc1cccc(-c2cc(F)ccc2CN)c1. The van der Waals surface area contributed by atoms with Crippen LogP contribution < -0.4 is 5.73 Å². The predicted molar refractivity (Wildman–Crippen MR) is 64.5 cm³/mol. The van der Waals surface area contributed by atoms with Gasteiger partial charge in [-0.15, -0.1) is 0 Å². The predicted octanol–water partition coefficient (Wildman–Crippen LogP) is 3.26. The number of rotatable bonds is 2. The van der Waals surface area contributed by atoms with Gasteiger partial charge in [0, 0.05) is 6.54 Å². The van der Waals surface area contributed by atoms with Gasteiger partial charge in [0.2, 0.25) is 0 Å². The molecule has 0 aliphatic carbocycles. The van der Waals surface area contributed by atoms with Gasteiger partial charge in [0.1, 0.15) is 5.82 Å². The summed E-state index contributed by atoms with van der Waals surface area (Å²) >= 11 is 0. The Labute approximate surface area is 94.7 Å². The molecule has 0 aromatic heterocycles. The van der Waals surface area contributed by atoms with E-state index in [4.69, 9.17) is 5.73 Å². The summed E-state index contributed by atoms with van der Waals surface area (Å²) in [6, 6.07) is 12.7. The molecule has 0 fully saturated rings. The molecule has 2 N–H and O–H groups in total. The van der Waals surface area contributed by atoms with Gasteiger partial charge in [-0.3, -0.25) is 0 Å². The lowest BCUT2D eigenvalue weighted by Gasteiger charge is -2.08. The van der Waals surface area contributed by atoms with Crippen molar-refractivity contribution in [3.05, 3.63) is 59.4 Å². The fourth-order valence-corrected chi connectivity index (χ4v) is 1.81. The molecule has 82 valence electrons. The van der Waals surface area contributed by atoms with Gasteiger partial charge in [0.15, 0.2) is 0 Å². The van der Waals surface area contributed by atoms with Gasteiger partial charge in [0.25, 0.3) is 0 Å². The van der Waals surface area contributed by atoms with Crippen LogP contribution in [0.15, 0.2) is 42.5 Å². The van der Waals surface area contributed by atoms with Crippen LogP contribution in [-0.2, 0) is 6.54 Å². The molecule has 2 rings (SSSR count). The molecule has 0 atom stereocenters. The Kier molecular flexibility index (Phi) is 3.02. The van der Waals surface area contributed by atoms with E-state index in [1.165, 1.54) is 12.1 Å². The first-order valence-electron chi connectivity index (χ1n) is 5.26. The van der Waals surface area contributed by atoms with Gasteiger partial charge in [0.05, 0.1) is 0 Å². The Hall–Kier alpha value is -1.67. The monoisotopic (exact) mass is 215 g/mol. The van der Waals surface area contributed by atoms with E-state index in [0.717, 1.165) is 22.3 Å². The second-order valence-corrected chi connectivity index (χ2v) is 3.88. The summed E-state index contributed by atoms with van der Waals surface area (Å²) in [5, 5.41) is 0. The van der Waals surface area contributed by atoms with Crippen molar-refractivity contribution in [1.29, 1.82) is 0 Å². The maximum Gasteiger partial charge on any atom is 0.123 e. The van der Waals surface area contributed by atoms with Gasteiger partial charge >= 0.3 is 0 Å². The lowest BCUT2D eigenvalue weighted by atomic mass is 9.98. The topological polar surface area (TPSA) is 26.0 Å². The molecule has 16 heavy (non-hydrogen) atoms. The molecule has 2 aromatic rings. The van der Waals surface area contributed by atoms with E-state index >= 15 is 0 Å². The molecule has 0 radical (unpaired) electrons. The molecule has 0 heterocycles. The Morgan fingerprint density at radius 2 is 1.94 bits per heavy atom. The minimum absolute atomic E-state index is 0.228. The summed E-state index contributed by atoms with van der Waals surface area (Å²) in [4.78, 5) is 0. The van der Waals surface area contributed by atoms with Crippen LogP contribution in [0.1, 0.15) is 11.1 Å². The molecule has 0 bridgehead atoms. The van der Waals surface area contributed by atoms with E-state index in [2.05, 4.69) is 0 Å². The van der Waals surface area contributed by atoms with Crippen LogP contribution in [0.4, 0.5) is 4.39 Å². The molecule has 0 saturated heterocycles. The number of benzene rings is 2. The highest BCUT2D eigenvalue weighted by Crippen LogP contribution is 2.25. The quantitative estimate of drug-likeness (QED) is 0.817. The minimum atomic E-state index is -0.228. The fraction of sp³-hybridized carbons (Fsp3) is 0.143. The number of aryl methyl sites for hydroxylation is 1. The molecular weight excluding hydrogens is 201 g/mol. The second-order valence-electron chi connectivity index (χ2n) is 3.88. The van der Waals surface area contributed by atoms with Crippen LogP contribution in [0.5, 0.6) is 0 Å². The van der Waals surface area contributed by atoms with Gasteiger partial charge in [-0.25, -0.2) is 4.39 Å². The van der Waals surface area contributed by atoms with Crippen molar-refractivity contribution in [2.24, 2.45) is 5.73 Å². The van der Waals surface area contributed by atoms with E-state index in [-0.39, 0.29) is 5.82 Å². The van der Waals surface area contributed by atoms with Crippen molar-refractivity contribution in [3.63, 3.8) is 0 Å². The average molecular weight is 215 g/mol. The van der Waals surface area contributed by atoms with Crippen molar-refractivity contribution >= 4 is 0 Å². The minimum Gasteiger partial charge on any atom is -0.326 e. The van der Waals surface area contributed by atoms with Crippen LogP contribution in [0, 0.1) is 12.7 Å². The summed E-state index contributed by atoms with van der Waals surface area (Å²) in [6.45, 7) is 2.44. The van der Waals surface area contributed by atoms with Crippen molar-refractivity contribution < 1.29 is 4.39 Å². The third-order valence-corrected chi connectivity index (χ3v) is 2.62. The van der Waals surface area contributed by atoms with Crippen LogP contribution in [0.3, 0.4) is 0 Å². The first kappa shape index (κ1) is 10.8. The van der Waals surface area contributed by atoms with E-state index in [0.29, 0.717) is 6.54 Å². The largest absolute Gasteiger partial charge is 0.326 e. The number of nitrogens with two attached hydrogens (primary N) is 1. The first-order chi connectivity index (χ1) is 7.70. The van der Waals surface area contributed by atoms with E-state index < -0.39 is 0 Å². The smallest absolute Gasteiger partial charge is 0.123 e. The lowest BCUT2D eigenvalue weighted by molar-refractivity contribution is 0.627. The summed E-state index contributed by atoms with van der Waals surface area (Å²) in [6.07, 6.45) is 0. The van der Waals surface area contributed by atoms with Crippen molar-refractivity contribution in [3.8, 4) is 11.1 Å². The van der Waals surface area contributed by atoms with Gasteiger partial charge in [-0.2, -0.15) is 0 Å². The zero-order valence-corrected chi connectivity index (χ0v) is 9.20. The summed E-state index contributed by atoms with van der Waals surface area (Å²) in [5.41, 5.74) is 9.67. The van der Waals surface area contributed by atoms with Gasteiger partial charge < -0.3 is 5.73 Å². The summed E-state index contributed by atoms with van der Waals surface area (Å²) < 4.78 is 13.2. The first-order valence-corrected chi connectivity index (χ1v) is 5.26. The van der Waals surface area contributed by atoms with Crippen molar-refractivity contribution in [2.75, 3.05) is 0 Å². The zero-order valence-electron chi connectivity index (χ0n) is 9.20. The number of hydrogen-bond donors (Lipinski definition) is 1. The molecule has 0 spiro atoms. The van der Waals surface area contributed by atoms with Crippen LogP contribution in [-0.4, -0.2) is 0 Å². The molecule has 0 unspecified atom stereocenters. The third-order valence-electron chi connectivity index (χ3n) is 2.62. The Morgan fingerprint density at radius 1 is 1.12 bits per heavy atom. The standard InChI is InChI=1S/C14H14FN/c1-10-3-2-4-11(7-10)14-8-13(15)6-5-12(14)9-16/h2-8H,9,16H2,1H3. The Morgan fingerprint density at radius 3 is 2.62 bits per heavy atom. The molecule has 0 saturated carbocycles. The highest BCUT2D eigenvalue weighted by Gasteiger charge is 2.05. The van der Waals surface area contributed by atoms with E-state index in [1.54, 1.807) is 6.07 Å². The zero-order chi connectivity index (χ0) is 11.5. The Balaban J connectivity index is 2.58. The van der Waals surface area contributed by atoms with Crippen LogP contribution in [0.2, 0.25) is 0 Å². The summed E-state index contributed by atoms with van der Waals surface area (Å²) in [7, 11) is 0. The molecule has 1 nitrogen and oxygen atoms in total. The summed E-state index contributed by atoms with van der Waals surface area (Å²) in [5.74, 6) is -0.228. The average Bonchev–Trinajstić information content (AvgIpc) is 2.29. The maximum absolute atomic E-state index is 13.2. The normalized spacial score (nSPS) is 10.4. The van der Waals surface area contributed by atoms with Crippen molar-refractivity contribution in [2.45, 2.75) is 13.5 Å². The number of halogens is 1. The molecular formula is C14H14FN. The molecule has 0 aliphatic rings. The fourth-order valence-electron chi connectivity index (χ4n) is 1.81. The highest BCUT2D eigenvalue weighted by atomic mass is 19.1. The number of hydrogen-bond acceptors (Lipinski definition) is 1. The second kappa shape index (κ2) is 4.45. The van der Waals surface area contributed by atoms with Crippen LogP contribution >= 0.6 is 0 Å². The molecule has 0 aliphatic heterocycles. The molecule has 2 heteroatoms. The highest BCUT2D eigenvalue weighted by molar-refractivity contribution is 5.68. The molecule has 0 amide bonds. The van der Waals surface area contributed by atoms with E-state index in [1.807, 2.05) is 31.2 Å². The van der Waals surface area contributed by atoms with Crippen LogP contribution in [0.25, 0.3) is 11.1 Å². The lowest BCUT2D eigenvalue weighted by Crippen LogP contribution is -1.99. The van der Waals surface area contributed by atoms with E-state index in [9.17, 15) is 4.39 Å². The third kappa shape index (κ3) is 2.12. The van der Waals surface area contributed by atoms with Crippen molar-refractivity contribution in [1.82, 2.24) is 0 Å².